The monoisotopic (exact) mass is 382 g/mol. The van der Waals surface area contributed by atoms with Gasteiger partial charge in [0.15, 0.2) is 5.82 Å². The third kappa shape index (κ3) is 3.11. The summed E-state index contributed by atoms with van der Waals surface area (Å²) in [6.45, 7) is 4.13. The minimum Gasteiger partial charge on any atom is -0.311 e. The Labute approximate surface area is 156 Å². The molecule has 0 saturated heterocycles. The maximum atomic E-state index is 11.7. The van der Waals surface area contributed by atoms with Crippen molar-refractivity contribution in [1.82, 2.24) is 25.0 Å². The van der Waals surface area contributed by atoms with Gasteiger partial charge >= 0.3 is 0 Å². The van der Waals surface area contributed by atoms with E-state index in [-0.39, 0.29) is 10.9 Å². The highest BCUT2D eigenvalue weighted by Crippen LogP contribution is 2.31. The molecule has 27 heavy (non-hydrogen) atoms. The molecule has 0 atom stereocenters. The van der Waals surface area contributed by atoms with Crippen molar-refractivity contribution in [3.8, 4) is 22.6 Å². The van der Waals surface area contributed by atoms with Crippen LogP contribution in [-0.4, -0.2) is 33.4 Å². The van der Waals surface area contributed by atoms with E-state index in [2.05, 4.69) is 34.2 Å². The molecule has 0 bridgehead atoms. The van der Waals surface area contributed by atoms with E-state index in [1.165, 1.54) is 12.1 Å². The molecule has 2 aromatic carbocycles. The summed E-state index contributed by atoms with van der Waals surface area (Å²) in [7, 11) is -3.79. The first kappa shape index (κ1) is 17.4. The summed E-state index contributed by atoms with van der Waals surface area (Å²) in [5.41, 5.74) is 3.05. The minimum absolute atomic E-state index is 0.0480. The van der Waals surface area contributed by atoms with E-state index >= 15 is 0 Å². The van der Waals surface area contributed by atoms with Crippen LogP contribution < -0.4 is 5.14 Å². The smallest absolute Gasteiger partial charge is 0.238 e. The van der Waals surface area contributed by atoms with Gasteiger partial charge in [-0.1, -0.05) is 12.1 Å². The summed E-state index contributed by atoms with van der Waals surface area (Å²) in [4.78, 5) is 0.0480. The van der Waals surface area contributed by atoms with Gasteiger partial charge in [0.25, 0.3) is 0 Å². The summed E-state index contributed by atoms with van der Waals surface area (Å²) in [5, 5.41) is 21.7. The van der Waals surface area contributed by atoms with Crippen molar-refractivity contribution in [1.29, 1.82) is 0 Å². The average molecular weight is 382 g/mol. The number of hydrogen-bond acceptors (Lipinski definition) is 5. The van der Waals surface area contributed by atoms with E-state index in [0.717, 1.165) is 22.3 Å². The summed E-state index contributed by atoms with van der Waals surface area (Å²) >= 11 is 0. The molecule has 0 radical (unpaired) electrons. The Morgan fingerprint density at radius 3 is 2.67 bits per heavy atom. The number of nitrogens with one attached hydrogen (secondary N) is 1. The van der Waals surface area contributed by atoms with E-state index in [0.29, 0.717) is 11.3 Å². The molecule has 138 valence electrons. The molecule has 0 fully saturated rings. The van der Waals surface area contributed by atoms with Crippen LogP contribution in [0, 0.1) is 0 Å². The Hall–Kier alpha value is -3.04. The van der Waals surface area contributed by atoms with Crippen LogP contribution in [-0.2, 0) is 10.0 Å². The van der Waals surface area contributed by atoms with Crippen LogP contribution in [0.5, 0.6) is 0 Å². The molecule has 9 heteroatoms. The first-order valence-corrected chi connectivity index (χ1v) is 9.90. The number of sulfonamides is 1. The number of aromatic amines is 1. The number of rotatable bonds is 4. The zero-order valence-corrected chi connectivity index (χ0v) is 15.6. The van der Waals surface area contributed by atoms with Crippen LogP contribution in [0.15, 0.2) is 53.7 Å². The number of fused-ring (bicyclic) bond motifs is 1. The van der Waals surface area contributed by atoms with E-state index in [1.54, 1.807) is 18.5 Å². The SMILES string of the molecule is CC(C)n1cnnc1-c1ccc2[nH]nc(-c3cccc(S(N)(=O)=O)c3)c2c1. The molecule has 2 aromatic heterocycles. The van der Waals surface area contributed by atoms with Crippen molar-refractivity contribution in [2.45, 2.75) is 24.8 Å². The van der Waals surface area contributed by atoms with Gasteiger partial charge in [-0.15, -0.1) is 10.2 Å². The van der Waals surface area contributed by atoms with Crippen LogP contribution in [0.3, 0.4) is 0 Å². The van der Waals surface area contributed by atoms with Gasteiger partial charge in [0.1, 0.15) is 6.33 Å². The first-order valence-electron chi connectivity index (χ1n) is 8.36. The molecule has 0 aliphatic rings. The fourth-order valence-corrected chi connectivity index (χ4v) is 3.58. The zero-order valence-electron chi connectivity index (χ0n) is 14.8. The van der Waals surface area contributed by atoms with Gasteiger partial charge in [-0.05, 0) is 44.2 Å². The highest BCUT2D eigenvalue weighted by Gasteiger charge is 2.15. The summed E-state index contributed by atoms with van der Waals surface area (Å²) in [6, 6.07) is 12.5. The maximum Gasteiger partial charge on any atom is 0.238 e. The number of hydrogen-bond donors (Lipinski definition) is 2. The number of nitrogens with zero attached hydrogens (tertiary/aromatic N) is 4. The number of benzene rings is 2. The lowest BCUT2D eigenvalue weighted by Gasteiger charge is -2.10. The quantitative estimate of drug-likeness (QED) is 0.562. The average Bonchev–Trinajstić information content (AvgIpc) is 3.27. The van der Waals surface area contributed by atoms with Crippen molar-refractivity contribution in [2.75, 3.05) is 0 Å². The molecule has 3 N–H and O–H groups in total. The zero-order chi connectivity index (χ0) is 19.2. The molecule has 0 aliphatic heterocycles. The number of aromatic nitrogens is 5. The molecule has 8 nitrogen and oxygen atoms in total. The van der Waals surface area contributed by atoms with Crippen molar-refractivity contribution < 1.29 is 8.42 Å². The Bertz CT molecular complexity index is 1240. The summed E-state index contributed by atoms with van der Waals surface area (Å²) in [5.74, 6) is 0.761. The molecule has 4 aromatic rings. The lowest BCUT2D eigenvalue weighted by molar-refractivity contribution is 0.598. The fourth-order valence-electron chi connectivity index (χ4n) is 3.02. The molecular weight excluding hydrogens is 364 g/mol. The van der Waals surface area contributed by atoms with Crippen LogP contribution in [0.25, 0.3) is 33.5 Å². The predicted molar refractivity (Wildman–Crippen MR) is 102 cm³/mol. The van der Waals surface area contributed by atoms with Gasteiger partial charge in [0, 0.05) is 22.6 Å². The van der Waals surface area contributed by atoms with Crippen molar-refractivity contribution >= 4 is 20.9 Å². The standard InChI is InChI=1S/C18H18N6O2S/c1-11(2)24-10-20-23-18(24)13-6-7-16-15(9-13)17(22-21-16)12-4-3-5-14(8-12)27(19,25)26/h3-11H,1-2H3,(H,21,22)(H2,19,25,26). The Morgan fingerprint density at radius 2 is 1.93 bits per heavy atom. The van der Waals surface area contributed by atoms with Gasteiger partial charge in [-0.3, -0.25) is 5.10 Å². The van der Waals surface area contributed by atoms with Crippen LogP contribution in [0.1, 0.15) is 19.9 Å². The molecule has 2 heterocycles. The maximum absolute atomic E-state index is 11.7. The van der Waals surface area contributed by atoms with E-state index in [1.807, 2.05) is 22.8 Å². The molecule has 0 amide bonds. The first-order chi connectivity index (χ1) is 12.8. The highest BCUT2D eigenvalue weighted by molar-refractivity contribution is 7.89. The van der Waals surface area contributed by atoms with Gasteiger partial charge in [-0.2, -0.15) is 5.10 Å². The number of H-pyrrole nitrogens is 1. The second kappa shape index (κ2) is 6.29. The van der Waals surface area contributed by atoms with Crippen molar-refractivity contribution in [3.05, 3.63) is 48.8 Å². The topological polar surface area (TPSA) is 120 Å². The number of primary sulfonamides is 1. The van der Waals surface area contributed by atoms with E-state index in [9.17, 15) is 8.42 Å². The van der Waals surface area contributed by atoms with Gasteiger partial charge in [0.05, 0.1) is 16.1 Å². The Kier molecular flexibility index (Phi) is 4.05. The van der Waals surface area contributed by atoms with E-state index in [4.69, 9.17) is 5.14 Å². The van der Waals surface area contributed by atoms with Gasteiger partial charge in [-0.25, -0.2) is 13.6 Å². The Morgan fingerprint density at radius 1 is 1.11 bits per heavy atom. The predicted octanol–water partition coefficient (Wildman–Crippen LogP) is 2.72. The molecule has 4 rings (SSSR count). The largest absolute Gasteiger partial charge is 0.311 e. The lowest BCUT2D eigenvalue weighted by atomic mass is 10.1. The third-order valence-electron chi connectivity index (χ3n) is 4.39. The summed E-state index contributed by atoms with van der Waals surface area (Å²) < 4.78 is 25.3. The second-order valence-electron chi connectivity index (χ2n) is 6.56. The Balaban J connectivity index is 1.88. The van der Waals surface area contributed by atoms with E-state index < -0.39 is 10.0 Å². The van der Waals surface area contributed by atoms with Crippen LogP contribution in [0.4, 0.5) is 0 Å². The van der Waals surface area contributed by atoms with Gasteiger partial charge in [0.2, 0.25) is 10.0 Å². The lowest BCUT2D eigenvalue weighted by Crippen LogP contribution is -2.11. The van der Waals surface area contributed by atoms with Crippen LogP contribution >= 0.6 is 0 Å². The second-order valence-corrected chi connectivity index (χ2v) is 8.12. The van der Waals surface area contributed by atoms with Crippen molar-refractivity contribution in [2.24, 2.45) is 5.14 Å². The van der Waals surface area contributed by atoms with Gasteiger partial charge < -0.3 is 4.57 Å². The number of nitrogens with two attached hydrogens (primary N) is 1. The fraction of sp³-hybridized carbons (Fsp3) is 0.167. The van der Waals surface area contributed by atoms with Crippen molar-refractivity contribution in [3.63, 3.8) is 0 Å². The normalized spacial score (nSPS) is 12.1. The molecule has 0 unspecified atom stereocenters. The molecular formula is C18H18N6O2S. The molecule has 0 aliphatic carbocycles. The molecule has 0 saturated carbocycles. The molecule has 0 spiro atoms. The summed E-state index contributed by atoms with van der Waals surface area (Å²) in [6.07, 6.45) is 1.70. The highest BCUT2D eigenvalue weighted by atomic mass is 32.2. The third-order valence-corrected chi connectivity index (χ3v) is 5.30. The minimum atomic E-state index is -3.79. The van der Waals surface area contributed by atoms with Crippen LogP contribution in [0.2, 0.25) is 0 Å².